The highest BCUT2D eigenvalue weighted by atomic mass is 32.1. The SMILES string of the molecule is C[C@]1(CO)[C@H]2Cc3sc(Nc4ccccc4)nc3[C@@H](CC(=O)Nc3cccc(O)c3)[C@]2(C)CC[C@H]1O. The summed E-state index contributed by atoms with van der Waals surface area (Å²) in [4.78, 5) is 19.4. The summed E-state index contributed by atoms with van der Waals surface area (Å²) in [6.45, 7) is 4.05. The number of hydrogen-bond donors (Lipinski definition) is 5. The van der Waals surface area contributed by atoms with Crippen LogP contribution in [0.3, 0.4) is 0 Å². The van der Waals surface area contributed by atoms with Gasteiger partial charge in [0.2, 0.25) is 5.91 Å². The van der Waals surface area contributed by atoms with E-state index in [1.54, 1.807) is 29.5 Å². The van der Waals surface area contributed by atoms with Crippen molar-refractivity contribution >= 4 is 33.8 Å². The van der Waals surface area contributed by atoms with Crippen molar-refractivity contribution < 1.29 is 20.1 Å². The number of anilines is 3. The van der Waals surface area contributed by atoms with Crippen LogP contribution in [0.25, 0.3) is 0 Å². The number of hydrogen-bond acceptors (Lipinski definition) is 7. The number of aromatic nitrogens is 1. The predicted molar refractivity (Wildman–Crippen MR) is 142 cm³/mol. The Kier molecular flexibility index (Phi) is 6.53. The van der Waals surface area contributed by atoms with Gasteiger partial charge in [-0.2, -0.15) is 0 Å². The van der Waals surface area contributed by atoms with Crippen LogP contribution in [-0.4, -0.2) is 38.9 Å². The molecule has 1 heterocycles. The van der Waals surface area contributed by atoms with Gasteiger partial charge in [0.15, 0.2) is 5.13 Å². The molecule has 5 rings (SSSR count). The van der Waals surface area contributed by atoms with E-state index in [1.807, 2.05) is 37.3 Å². The molecule has 36 heavy (non-hydrogen) atoms. The molecule has 1 amide bonds. The lowest BCUT2D eigenvalue weighted by atomic mass is 9.47. The summed E-state index contributed by atoms with van der Waals surface area (Å²) in [6.07, 6.45) is 1.65. The summed E-state index contributed by atoms with van der Waals surface area (Å²) in [5.74, 6) is -0.240. The van der Waals surface area contributed by atoms with E-state index in [9.17, 15) is 20.1 Å². The number of aliphatic hydroxyl groups is 2. The molecule has 2 aromatic carbocycles. The molecular formula is C28H33N3O4S. The Morgan fingerprint density at radius 1 is 1.14 bits per heavy atom. The fourth-order valence-corrected chi connectivity index (χ4v) is 7.41. The van der Waals surface area contributed by atoms with Gasteiger partial charge in [0, 0.05) is 40.1 Å². The third kappa shape index (κ3) is 4.38. The fraction of sp³-hybridized carbons (Fsp3) is 0.429. The van der Waals surface area contributed by atoms with Crippen LogP contribution in [0.5, 0.6) is 5.75 Å². The number of nitrogens with one attached hydrogen (secondary N) is 2. The summed E-state index contributed by atoms with van der Waals surface area (Å²) in [6, 6.07) is 16.4. The Balaban J connectivity index is 1.51. The molecule has 1 fully saturated rings. The molecule has 0 aliphatic heterocycles. The predicted octanol–water partition coefficient (Wildman–Crippen LogP) is 5.04. The van der Waals surface area contributed by atoms with Gasteiger partial charge < -0.3 is 26.0 Å². The minimum absolute atomic E-state index is 0.00477. The number of para-hydroxylation sites is 1. The van der Waals surface area contributed by atoms with Crippen molar-refractivity contribution in [3.05, 3.63) is 65.2 Å². The number of benzene rings is 2. The Morgan fingerprint density at radius 2 is 1.89 bits per heavy atom. The molecule has 1 aromatic heterocycles. The molecule has 1 saturated carbocycles. The van der Waals surface area contributed by atoms with Gasteiger partial charge in [-0.15, -0.1) is 11.3 Å². The normalized spacial score (nSPS) is 29.2. The van der Waals surface area contributed by atoms with E-state index >= 15 is 0 Å². The van der Waals surface area contributed by atoms with Crippen LogP contribution < -0.4 is 10.6 Å². The second kappa shape index (κ2) is 9.50. The van der Waals surface area contributed by atoms with Gasteiger partial charge in [-0.3, -0.25) is 4.79 Å². The first-order valence-corrected chi connectivity index (χ1v) is 13.2. The molecule has 5 atom stereocenters. The third-order valence-electron chi connectivity index (χ3n) is 8.44. The molecule has 0 unspecified atom stereocenters. The van der Waals surface area contributed by atoms with E-state index in [-0.39, 0.29) is 41.9 Å². The molecule has 190 valence electrons. The number of carbonyl (C=O) groups excluding carboxylic acids is 1. The minimum Gasteiger partial charge on any atom is -0.508 e. The molecule has 0 spiro atoms. The quantitative estimate of drug-likeness (QED) is 0.319. The Morgan fingerprint density at radius 3 is 2.61 bits per heavy atom. The zero-order valence-corrected chi connectivity index (χ0v) is 21.4. The number of thiazole rings is 1. The summed E-state index contributed by atoms with van der Waals surface area (Å²) in [5, 5.41) is 38.2. The number of rotatable bonds is 6. The van der Waals surface area contributed by atoms with Crippen molar-refractivity contribution in [2.75, 3.05) is 17.2 Å². The van der Waals surface area contributed by atoms with Gasteiger partial charge in [-0.25, -0.2) is 4.98 Å². The maximum atomic E-state index is 13.3. The molecule has 8 heteroatoms. The van der Waals surface area contributed by atoms with Crippen LogP contribution in [0.4, 0.5) is 16.5 Å². The monoisotopic (exact) mass is 507 g/mol. The Hall–Kier alpha value is -2.94. The molecule has 2 aliphatic rings. The van der Waals surface area contributed by atoms with Gasteiger partial charge in [0.05, 0.1) is 18.4 Å². The van der Waals surface area contributed by atoms with Gasteiger partial charge in [-0.05, 0) is 54.9 Å². The first-order chi connectivity index (χ1) is 17.2. The van der Waals surface area contributed by atoms with Crippen LogP contribution in [0.2, 0.25) is 0 Å². The number of amides is 1. The highest BCUT2D eigenvalue weighted by molar-refractivity contribution is 7.15. The van der Waals surface area contributed by atoms with Gasteiger partial charge in [0.25, 0.3) is 0 Å². The van der Waals surface area contributed by atoms with E-state index in [1.165, 1.54) is 6.07 Å². The van der Waals surface area contributed by atoms with Gasteiger partial charge in [0.1, 0.15) is 5.75 Å². The van der Waals surface area contributed by atoms with E-state index in [0.717, 1.165) is 27.8 Å². The molecule has 5 N–H and O–H groups in total. The Labute approximate surface area is 215 Å². The average Bonchev–Trinajstić information content (AvgIpc) is 3.25. The summed E-state index contributed by atoms with van der Waals surface area (Å²) < 4.78 is 0. The zero-order valence-electron chi connectivity index (χ0n) is 20.6. The van der Waals surface area contributed by atoms with Crippen molar-refractivity contribution in [2.45, 2.75) is 51.6 Å². The lowest BCUT2D eigenvalue weighted by molar-refractivity contribution is -0.143. The number of fused-ring (bicyclic) bond motifs is 2. The van der Waals surface area contributed by atoms with E-state index in [0.29, 0.717) is 18.5 Å². The smallest absolute Gasteiger partial charge is 0.225 e. The first kappa shape index (κ1) is 24.7. The molecule has 0 saturated heterocycles. The standard InChI is InChI=1S/C28H33N3O4S/c1-27-12-11-23(34)28(2,16-32)22(27)15-21-25(31-26(36-21)30-17-7-4-3-5-8-17)20(27)14-24(35)29-18-9-6-10-19(33)13-18/h3-10,13,20,22-23,32-34H,11-12,14-16H2,1-2H3,(H,29,35)(H,30,31)/t20-,22+,23-,27+,28+/m1/s1. The largest absolute Gasteiger partial charge is 0.508 e. The van der Waals surface area contributed by atoms with Crippen molar-refractivity contribution in [3.8, 4) is 5.75 Å². The van der Waals surface area contributed by atoms with Crippen LogP contribution >= 0.6 is 11.3 Å². The number of nitrogens with zero attached hydrogens (tertiary/aromatic N) is 1. The van der Waals surface area contributed by atoms with Crippen molar-refractivity contribution in [2.24, 2.45) is 16.7 Å². The lowest BCUT2D eigenvalue weighted by Crippen LogP contribution is -2.57. The van der Waals surface area contributed by atoms with E-state index < -0.39 is 11.5 Å². The number of carbonyl (C=O) groups is 1. The third-order valence-corrected chi connectivity index (χ3v) is 9.45. The molecule has 2 aliphatic carbocycles. The van der Waals surface area contributed by atoms with Crippen LogP contribution in [0.15, 0.2) is 54.6 Å². The van der Waals surface area contributed by atoms with Crippen LogP contribution in [0.1, 0.15) is 49.6 Å². The second-order valence-corrected chi connectivity index (χ2v) is 11.7. The maximum Gasteiger partial charge on any atom is 0.225 e. The topological polar surface area (TPSA) is 115 Å². The number of aromatic hydroxyl groups is 1. The minimum atomic E-state index is -0.665. The lowest BCUT2D eigenvalue weighted by Gasteiger charge is -2.58. The highest BCUT2D eigenvalue weighted by Crippen LogP contribution is 2.63. The summed E-state index contributed by atoms with van der Waals surface area (Å²) in [7, 11) is 0. The Bertz CT molecular complexity index is 1250. The summed E-state index contributed by atoms with van der Waals surface area (Å²) >= 11 is 1.58. The summed E-state index contributed by atoms with van der Waals surface area (Å²) in [5.41, 5.74) is 1.43. The van der Waals surface area contributed by atoms with Crippen LogP contribution in [-0.2, 0) is 11.2 Å². The number of aliphatic hydroxyl groups excluding tert-OH is 2. The average molecular weight is 508 g/mol. The van der Waals surface area contributed by atoms with Crippen molar-refractivity contribution in [1.82, 2.24) is 4.98 Å². The van der Waals surface area contributed by atoms with E-state index in [2.05, 4.69) is 17.6 Å². The highest BCUT2D eigenvalue weighted by Gasteiger charge is 2.59. The number of phenols is 1. The second-order valence-electron chi connectivity index (χ2n) is 10.7. The van der Waals surface area contributed by atoms with Crippen molar-refractivity contribution in [1.29, 1.82) is 0 Å². The molecular weight excluding hydrogens is 474 g/mol. The van der Waals surface area contributed by atoms with Gasteiger partial charge in [-0.1, -0.05) is 38.1 Å². The molecule has 3 aromatic rings. The molecule has 7 nitrogen and oxygen atoms in total. The fourth-order valence-electron chi connectivity index (χ4n) is 6.33. The van der Waals surface area contributed by atoms with Crippen LogP contribution in [0, 0.1) is 16.7 Å². The molecule has 0 radical (unpaired) electrons. The van der Waals surface area contributed by atoms with Crippen molar-refractivity contribution in [3.63, 3.8) is 0 Å². The first-order valence-electron chi connectivity index (χ1n) is 12.4. The number of phenolic OH excluding ortho intramolecular Hbond substituents is 1. The maximum absolute atomic E-state index is 13.3. The van der Waals surface area contributed by atoms with Gasteiger partial charge >= 0.3 is 0 Å². The molecule has 0 bridgehead atoms. The van der Waals surface area contributed by atoms with E-state index in [4.69, 9.17) is 4.98 Å². The zero-order chi connectivity index (χ0) is 25.5.